The van der Waals surface area contributed by atoms with E-state index in [0.29, 0.717) is 13.0 Å². The first-order chi connectivity index (χ1) is 14.7. The molecule has 1 aromatic heterocycles. The summed E-state index contributed by atoms with van der Waals surface area (Å²) in [4.78, 5) is 16.9. The first kappa shape index (κ1) is 19.9. The van der Waals surface area contributed by atoms with Crippen molar-refractivity contribution in [1.29, 1.82) is 0 Å². The Morgan fingerprint density at radius 1 is 0.933 bits per heavy atom. The monoisotopic (exact) mass is 414 g/mol. The van der Waals surface area contributed by atoms with Crippen molar-refractivity contribution in [3.63, 3.8) is 0 Å². The van der Waals surface area contributed by atoms with E-state index in [9.17, 15) is 4.79 Å². The SMILES string of the molecule is Cc1ccc(OCCC(=O)Nc2ccc(-c3csc(-c4ccccc4)n3)cc2)cc1. The molecule has 150 valence electrons. The van der Waals surface area contributed by atoms with Crippen molar-refractivity contribution in [2.24, 2.45) is 0 Å². The van der Waals surface area contributed by atoms with Crippen LogP contribution < -0.4 is 10.1 Å². The Morgan fingerprint density at radius 2 is 1.67 bits per heavy atom. The van der Waals surface area contributed by atoms with Crippen LogP contribution in [0.4, 0.5) is 5.69 Å². The fraction of sp³-hybridized carbons (Fsp3) is 0.120. The van der Waals surface area contributed by atoms with Gasteiger partial charge in [0.2, 0.25) is 5.91 Å². The molecule has 4 nitrogen and oxygen atoms in total. The average Bonchev–Trinajstić information content (AvgIpc) is 3.27. The van der Waals surface area contributed by atoms with E-state index in [4.69, 9.17) is 9.72 Å². The van der Waals surface area contributed by atoms with E-state index in [0.717, 1.165) is 33.3 Å². The van der Waals surface area contributed by atoms with Gasteiger partial charge in [-0.05, 0) is 31.2 Å². The maximum Gasteiger partial charge on any atom is 0.227 e. The van der Waals surface area contributed by atoms with Crippen LogP contribution in [-0.2, 0) is 4.79 Å². The average molecular weight is 415 g/mol. The van der Waals surface area contributed by atoms with Gasteiger partial charge in [0.1, 0.15) is 10.8 Å². The molecule has 1 heterocycles. The highest BCUT2D eigenvalue weighted by atomic mass is 32.1. The minimum atomic E-state index is -0.0742. The molecular formula is C25H22N2O2S. The highest BCUT2D eigenvalue weighted by molar-refractivity contribution is 7.13. The quantitative estimate of drug-likeness (QED) is 0.392. The van der Waals surface area contributed by atoms with Gasteiger partial charge in [-0.1, -0.05) is 60.2 Å². The highest BCUT2D eigenvalue weighted by Crippen LogP contribution is 2.29. The number of ether oxygens (including phenoxy) is 1. The summed E-state index contributed by atoms with van der Waals surface area (Å²) in [5, 5.41) is 5.96. The third kappa shape index (κ3) is 5.13. The van der Waals surface area contributed by atoms with Crippen molar-refractivity contribution in [3.05, 3.63) is 89.8 Å². The zero-order valence-electron chi connectivity index (χ0n) is 16.7. The molecule has 0 unspecified atom stereocenters. The third-order valence-corrected chi connectivity index (χ3v) is 5.50. The Kier molecular flexibility index (Phi) is 6.20. The van der Waals surface area contributed by atoms with E-state index in [1.165, 1.54) is 5.56 Å². The predicted octanol–water partition coefficient (Wildman–Crippen LogP) is 6.19. The zero-order valence-corrected chi connectivity index (χ0v) is 17.5. The minimum Gasteiger partial charge on any atom is -0.493 e. The van der Waals surface area contributed by atoms with Gasteiger partial charge in [-0.2, -0.15) is 0 Å². The smallest absolute Gasteiger partial charge is 0.227 e. The highest BCUT2D eigenvalue weighted by Gasteiger charge is 2.08. The second-order valence-electron chi connectivity index (χ2n) is 6.94. The summed E-state index contributed by atoms with van der Waals surface area (Å²) < 4.78 is 5.62. The standard InChI is InChI=1S/C25H22N2O2S/c1-18-7-13-22(14-8-18)29-16-15-24(28)26-21-11-9-19(10-12-21)23-17-30-25(27-23)20-5-3-2-4-6-20/h2-14,17H,15-16H2,1H3,(H,26,28). The zero-order chi connectivity index (χ0) is 20.8. The molecule has 0 saturated heterocycles. The van der Waals surface area contributed by atoms with Gasteiger partial charge in [0.05, 0.1) is 18.7 Å². The molecule has 0 aliphatic carbocycles. The van der Waals surface area contributed by atoms with Gasteiger partial charge in [0.25, 0.3) is 0 Å². The Hall–Kier alpha value is -3.44. The Bertz CT molecular complexity index is 1100. The van der Waals surface area contributed by atoms with Crippen LogP contribution in [0.2, 0.25) is 0 Å². The number of rotatable bonds is 7. The number of hydrogen-bond donors (Lipinski definition) is 1. The van der Waals surface area contributed by atoms with E-state index >= 15 is 0 Å². The number of hydrogen-bond acceptors (Lipinski definition) is 4. The van der Waals surface area contributed by atoms with Gasteiger partial charge in [-0.15, -0.1) is 11.3 Å². The largest absolute Gasteiger partial charge is 0.493 e. The Labute approximate surface area is 180 Å². The second-order valence-corrected chi connectivity index (χ2v) is 7.80. The van der Waals surface area contributed by atoms with Gasteiger partial charge >= 0.3 is 0 Å². The number of anilines is 1. The molecule has 3 aromatic carbocycles. The number of carbonyl (C=O) groups excluding carboxylic acids is 1. The number of carbonyl (C=O) groups is 1. The van der Waals surface area contributed by atoms with Crippen LogP contribution in [0.15, 0.2) is 84.2 Å². The number of benzene rings is 3. The maximum absolute atomic E-state index is 12.2. The normalized spacial score (nSPS) is 10.6. The number of aryl methyl sites for hydroxylation is 1. The molecule has 0 radical (unpaired) electrons. The van der Waals surface area contributed by atoms with Gasteiger partial charge < -0.3 is 10.1 Å². The van der Waals surface area contributed by atoms with Gasteiger partial charge in [0.15, 0.2) is 0 Å². The van der Waals surface area contributed by atoms with Crippen LogP contribution in [0.5, 0.6) is 5.75 Å². The van der Waals surface area contributed by atoms with Crippen LogP contribution in [0.1, 0.15) is 12.0 Å². The van der Waals surface area contributed by atoms with Crippen molar-refractivity contribution in [3.8, 4) is 27.6 Å². The molecule has 4 aromatic rings. The van der Waals surface area contributed by atoms with Crippen molar-refractivity contribution >= 4 is 22.9 Å². The summed E-state index contributed by atoms with van der Waals surface area (Å²) in [6.45, 7) is 2.37. The van der Waals surface area contributed by atoms with Gasteiger partial charge in [0, 0.05) is 22.2 Å². The van der Waals surface area contributed by atoms with E-state index in [1.807, 2.05) is 73.7 Å². The van der Waals surface area contributed by atoms with Crippen molar-refractivity contribution in [2.45, 2.75) is 13.3 Å². The van der Waals surface area contributed by atoms with Crippen molar-refractivity contribution in [2.75, 3.05) is 11.9 Å². The third-order valence-electron chi connectivity index (χ3n) is 4.61. The molecule has 30 heavy (non-hydrogen) atoms. The lowest BCUT2D eigenvalue weighted by atomic mass is 10.1. The first-order valence-corrected chi connectivity index (χ1v) is 10.7. The number of aromatic nitrogens is 1. The maximum atomic E-state index is 12.2. The van der Waals surface area contributed by atoms with Gasteiger partial charge in [-0.3, -0.25) is 4.79 Å². The van der Waals surface area contributed by atoms with Crippen molar-refractivity contribution in [1.82, 2.24) is 4.98 Å². The number of nitrogens with one attached hydrogen (secondary N) is 1. The van der Waals surface area contributed by atoms with Crippen LogP contribution in [0, 0.1) is 6.92 Å². The molecule has 5 heteroatoms. The molecule has 0 aliphatic rings. The van der Waals surface area contributed by atoms with E-state index < -0.39 is 0 Å². The van der Waals surface area contributed by atoms with E-state index in [-0.39, 0.29) is 5.91 Å². The van der Waals surface area contributed by atoms with Crippen LogP contribution in [0.25, 0.3) is 21.8 Å². The molecule has 0 saturated carbocycles. The molecule has 0 fully saturated rings. The summed E-state index contributed by atoms with van der Waals surface area (Å²) >= 11 is 1.63. The summed E-state index contributed by atoms with van der Waals surface area (Å²) in [7, 11) is 0. The molecule has 0 spiro atoms. The Balaban J connectivity index is 1.31. The van der Waals surface area contributed by atoms with Crippen molar-refractivity contribution < 1.29 is 9.53 Å². The lowest BCUT2D eigenvalue weighted by Gasteiger charge is -2.08. The topological polar surface area (TPSA) is 51.2 Å². The summed E-state index contributed by atoms with van der Waals surface area (Å²) in [6, 6.07) is 25.7. The van der Waals surface area contributed by atoms with E-state index in [2.05, 4.69) is 22.8 Å². The van der Waals surface area contributed by atoms with Gasteiger partial charge in [-0.25, -0.2) is 4.98 Å². The molecule has 4 rings (SSSR count). The summed E-state index contributed by atoms with van der Waals surface area (Å²) in [5.41, 5.74) is 5.01. The van der Waals surface area contributed by atoms with Crippen LogP contribution >= 0.6 is 11.3 Å². The Morgan fingerprint density at radius 3 is 2.40 bits per heavy atom. The van der Waals surface area contributed by atoms with E-state index in [1.54, 1.807) is 11.3 Å². The molecule has 0 bridgehead atoms. The molecular weight excluding hydrogens is 392 g/mol. The number of amides is 1. The fourth-order valence-corrected chi connectivity index (χ4v) is 3.80. The number of thiazole rings is 1. The predicted molar refractivity (Wildman–Crippen MR) is 123 cm³/mol. The summed E-state index contributed by atoms with van der Waals surface area (Å²) in [5.74, 6) is 0.700. The molecule has 0 aliphatic heterocycles. The van der Waals surface area contributed by atoms with Crippen LogP contribution in [-0.4, -0.2) is 17.5 Å². The fourth-order valence-electron chi connectivity index (χ4n) is 2.96. The first-order valence-electron chi connectivity index (χ1n) is 9.78. The number of nitrogens with zero attached hydrogens (tertiary/aromatic N) is 1. The van der Waals surface area contributed by atoms with Crippen LogP contribution in [0.3, 0.4) is 0 Å². The lowest BCUT2D eigenvalue weighted by Crippen LogP contribution is -2.15. The molecule has 1 N–H and O–H groups in total. The minimum absolute atomic E-state index is 0.0742. The second kappa shape index (κ2) is 9.37. The molecule has 0 atom stereocenters. The summed E-state index contributed by atoms with van der Waals surface area (Å²) in [6.07, 6.45) is 0.294. The molecule has 1 amide bonds. The lowest BCUT2D eigenvalue weighted by molar-refractivity contribution is -0.116.